The van der Waals surface area contributed by atoms with Gasteiger partial charge in [-0.15, -0.1) is 0 Å². The average Bonchev–Trinajstić information content (AvgIpc) is 2.69. The molecule has 0 aliphatic rings. The van der Waals surface area contributed by atoms with Crippen molar-refractivity contribution in [3.63, 3.8) is 0 Å². The van der Waals surface area contributed by atoms with Gasteiger partial charge in [0.05, 0.1) is 0 Å². The molecule has 0 heterocycles. The van der Waals surface area contributed by atoms with Gasteiger partial charge >= 0.3 is 0 Å². The van der Waals surface area contributed by atoms with Crippen LogP contribution >= 0.6 is 7.80 Å². The molecule has 0 aromatic heterocycles. The quantitative estimate of drug-likeness (QED) is 0.489. The van der Waals surface area contributed by atoms with Crippen LogP contribution in [0.2, 0.25) is 0 Å². The minimum Gasteiger partial charge on any atom is -0.317 e. The molecule has 0 aliphatic heterocycles. The van der Waals surface area contributed by atoms with Crippen molar-refractivity contribution in [1.82, 2.24) is 0 Å². The van der Waals surface area contributed by atoms with E-state index in [0.29, 0.717) is 16.4 Å². The van der Waals surface area contributed by atoms with Crippen LogP contribution in [0.4, 0.5) is 0 Å². The van der Waals surface area contributed by atoms with Gasteiger partial charge in [0.1, 0.15) is 7.80 Å². The molecule has 1 unspecified atom stereocenters. The minimum absolute atomic E-state index is 0.0980. The summed E-state index contributed by atoms with van der Waals surface area (Å²) in [5, 5.41) is 1.34. The van der Waals surface area contributed by atoms with Gasteiger partial charge < -0.3 is 4.57 Å². The molecule has 26 heavy (non-hydrogen) atoms. The number of carbonyl (C=O) groups excluding carboxylic acids is 1. The Morgan fingerprint density at radius 2 is 1.65 bits per heavy atom. The van der Waals surface area contributed by atoms with Gasteiger partial charge in [-0.2, -0.15) is 0 Å². The van der Waals surface area contributed by atoms with E-state index in [1.54, 1.807) is 18.2 Å². The Bertz CT molecular complexity index is 1000. The zero-order chi connectivity index (χ0) is 18.7. The second-order valence-electron chi connectivity index (χ2n) is 6.28. The van der Waals surface area contributed by atoms with Crippen molar-refractivity contribution in [3.05, 3.63) is 101 Å². The SMILES string of the molecule is C=Cc1ccc([PH](=O)c2ccccc2)c(C(=O)c2cccc(C)c2C)c1. The molecular weight excluding hydrogens is 339 g/mol. The first kappa shape index (κ1) is 18.1. The Morgan fingerprint density at radius 1 is 0.923 bits per heavy atom. The number of hydrogen-bond acceptors (Lipinski definition) is 2. The summed E-state index contributed by atoms with van der Waals surface area (Å²) in [5.74, 6) is -0.0980. The molecule has 0 bridgehead atoms. The van der Waals surface area contributed by atoms with E-state index >= 15 is 0 Å². The Hall–Kier alpha value is -2.70. The Morgan fingerprint density at radius 3 is 2.35 bits per heavy atom. The van der Waals surface area contributed by atoms with E-state index in [1.807, 2.05) is 68.4 Å². The summed E-state index contributed by atoms with van der Waals surface area (Å²) in [4.78, 5) is 13.3. The maximum Gasteiger partial charge on any atom is 0.194 e. The van der Waals surface area contributed by atoms with Crippen LogP contribution in [-0.2, 0) is 4.57 Å². The fourth-order valence-electron chi connectivity index (χ4n) is 2.96. The molecule has 0 spiro atoms. The Labute approximate surface area is 155 Å². The lowest BCUT2D eigenvalue weighted by Gasteiger charge is -2.13. The first-order valence-electron chi connectivity index (χ1n) is 8.50. The van der Waals surface area contributed by atoms with Crippen molar-refractivity contribution in [2.24, 2.45) is 0 Å². The van der Waals surface area contributed by atoms with Crippen LogP contribution in [0.5, 0.6) is 0 Å². The molecule has 0 fully saturated rings. The molecule has 0 aliphatic carbocycles. The highest BCUT2D eigenvalue weighted by Crippen LogP contribution is 2.25. The van der Waals surface area contributed by atoms with E-state index in [2.05, 4.69) is 6.58 Å². The van der Waals surface area contributed by atoms with Crippen LogP contribution in [0.3, 0.4) is 0 Å². The second kappa shape index (κ2) is 7.68. The standard InChI is InChI=1S/C23H21O2P/c1-4-18-13-14-22(26(25)19-10-6-5-7-11-19)21(15-18)23(24)20-12-8-9-16(2)17(20)3/h4-15,26H,1H2,2-3H3. The van der Waals surface area contributed by atoms with Gasteiger partial charge in [0, 0.05) is 21.7 Å². The maximum absolute atomic E-state index is 13.3. The van der Waals surface area contributed by atoms with Crippen molar-refractivity contribution < 1.29 is 9.36 Å². The smallest absolute Gasteiger partial charge is 0.194 e. The minimum atomic E-state index is -2.28. The lowest BCUT2D eigenvalue weighted by atomic mass is 9.95. The molecule has 3 rings (SSSR count). The fraction of sp³-hybridized carbons (Fsp3) is 0.0870. The number of ketones is 1. The van der Waals surface area contributed by atoms with E-state index in [0.717, 1.165) is 22.0 Å². The van der Waals surface area contributed by atoms with E-state index < -0.39 is 7.80 Å². The number of rotatable bonds is 5. The third kappa shape index (κ3) is 3.47. The number of aryl methyl sites for hydroxylation is 1. The summed E-state index contributed by atoms with van der Waals surface area (Å²) in [7, 11) is -2.28. The summed E-state index contributed by atoms with van der Waals surface area (Å²) in [6, 6.07) is 20.4. The fourth-order valence-corrected chi connectivity index (χ4v) is 4.43. The topological polar surface area (TPSA) is 34.1 Å². The molecule has 2 nitrogen and oxygen atoms in total. The zero-order valence-electron chi connectivity index (χ0n) is 15.0. The molecule has 130 valence electrons. The van der Waals surface area contributed by atoms with Crippen molar-refractivity contribution in [3.8, 4) is 0 Å². The third-order valence-corrected chi connectivity index (χ3v) is 6.44. The average molecular weight is 360 g/mol. The predicted octanol–water partition coefficient (Wildman–Crippen LogP) is 4.69. The molecule has 0 N–H and O–H groups in total. The number of benzene rings is 3. The summed E-state index contributed by atoms with van der Waals surface area (Å²) < 4.78 is 13.2. The third-order valence-electron chi connectivity index (χ3n) is 4.65. The number of hydrogen-bond donors (Lipinski definition) is 0. The van der Waals surface area contributed by atoms with Gasteiger partial charge in [-0.1, -0.05) is 73.3 Å². The van der Waals surface area contributed by atoms with Gasteiger partial charge in [0.2, 0.25) is 0 Å². The summed E-state index contributed by atoms with van der Waals surface area (Å²) in [6.07, 6.45) is 1.70. The van der Waals surface area contributed by atoms with E-state index in [9.17, 15) is 9.36 Å². The number of carbonyl (C=O) groups is 1. The lowest BCUT2D eigenvalue weighted by Crippen LogP contribution is -2.18. The molecule has 0 radical (unpaired) electrons. The lowest BCUT2D eigenvalue weighted by molar-refractivity contribution is 0.103. The van der Waals surface area contributed by atoms with Gasteiger partial charge in [-0.3, -0.25) is 4.79 Å². The van der Waals surface area contributed by atoms with E-state index in [1.165, 1.54) is 0 Å². The van der Waals surface area contributed by atoms with Gasteiger partial charge in [-0.25, -0.2) is 0 Å². The maximum atomic E-state index is 13.3. The highest BCUT2D eigenvalue weighted by atomic mass is 31.1. The van der Waals surface area contributed by atoms with Crippen molar-refractivity contribution in [2.45, 2.75) is 13.8 Å². The Balaban J connectivity index is 2.16. The highest BCUT2D eigenvalue weighted by molar-refractivity contribution is 7.61. The van der Waals surface area contributed by atoms with E-state index in [4.69, 9.17) is 0 Å². The molecule has 0 saturated heterocycles. The van der Waals surface area contributed by atoms with Crippen LogP contribution < -0.4 is 10.6 Å². The van der Waals surface area contributed by atoms with Gasteiger partial charge in [0.25, 0.3) is 0 Å². The van der Waals surface area contributed by atoms with Crippen LogP contribution in [-0.4, -0.2) is 5.78 Å². The molecule has 3 heteroatoms. The van der Waals surface area contributed by atoms with Crippen molar-refractivity contribution >= 4 is 30.3 Å². The molecule has 3 aromatic rings. The molecule has 0 saturated carbocycles. The first-order chi connectivity index (χ1) is 12.5. The van der Waals surface area contributed by atoms with Crippen LogP contribution in [0.1, 0.15) is 32.6 Å². The van der Waals surface area contributed by atoms with E-state index in [-0.39, 0.29) is 5.78 Å². The highest BCUT2D eigenvalue weighted by Gasteiger charge is 2.20. The largest absolute Gasteiger partial charge is 0.317 e. The van der Waals surface area contributed by atoms with Crippen LogP contribution in [0.25, 0.3) is 6.08 Å². The zero-order valence-corrected chi connectivity index (χ0v) is 16.0. The monoisotopic (exact) mass is 360 g/mol. The van der Waals surface area contributed by atoms with Crippen molar-refractivity contribution in [1.29, 1.82) is 0 Å². The van der Waals surface area contributed by atoms with Crippen LogP contribution in [0.15, 0.2) is 73.3 Å². The predicted molar refractivity (Wildman–Crippen MR) is 111 cm³/mol. The van der Waals surface area contributed by atoms with Gasteiger partial charge in [-0.05, 0) is 36.6 Å². The van der Waals surface area contributed by atoms with Gasteiger partial charge in [0.15, 0.2) is 5.78 Å². The summed E-state index contributed by atoms with van der Waals surface area (Å²) >= 11 is 0. The summed E-state index contributed by atoms with van der Waals surface area (Å²) in [6.45, 7) is 7.72. The Kier molecular flexibility index (Phi) is 5.35. The molecule has 0 amide bonds. The molecular formula is C23H21O2P. The normalized spacial score (nSPS) is 11.8. The second-order valence-corrected chi connectivity index (χ2v) is 8.06. The first-order valence-corrected chi connectivity index (χ1v) is 9.91. The van der Waals surface area contributed by atoms with Crippen LogP contribution in [0, 0.1) is 13.8 Å². The molecule has 3 aromatic carbocycles. The molecule has 1 atom stereocenters. The van der Waals surface area contributed by atoms with Crippen molar-refractivity contribution in [2.75, 3.05) is 0 Å². The summed E-state index contributed by atoms with van der Waals surface area (Å²) in [5.41, 5.74) is 3.99.